The van der Waals surface area contributed by atoms with E-state index in [2.05, 4.69) is 68.1 Å². The number of fused-ring (bicyclic) bond motifs is 1. The lowest BCUT2D eigenvalue weighted by molar-refractivity contribution is -0.106. The van der Waals surface area contributed by atoms with Gasteiger partial charge in [-0.3, -0.25) is 24.4 Å². The number of anilines is 1. The predicted molar refractivity (Wildman–Crippen MR) is 164 cm³/mol. The van der Waals surface area contributed by atoms with Gasteiger partial charge in [0, 0.05) is 61.0 Å². The monoisotopic (exact) mass is 600 g/mol. The predicted octanol–water partition coefficient (Wildman–Crippen LogP) is 3.11. The standard InChI is InChI=1S/C26H34N7O3PS.CH3NO/c1-16(2)33-7-6-32(13-17(33)3)14-25-29-24(15-37-25)20-8-18(9-22-21(20)12-28-30-22)19-10-23(31-38(5,34)35)26(36-4)27-11-19;2-1-3/h8-12,15-17,31,37H,6-7,13-14H2,1-5H3,(H,28,30);1H,(H2,2,3). The number of aromatic nitrogens is 4. The van der Waals surface area contributed by atoms with Crippen LogP contribution in [0.5, 0.6) is 5.88 Å². The number of sulfonamides is 1. The highest BCUT2D eigenvalue weighted by Gasteiger charge is 2.26. The number of rotatable bonds is 8. The first-order chi connectivity index (χ1) is 19.5. The third-order valence-electron chi connectivity index (χ3n) is 6.94. The number of hydrogen-bond donors (Lipinski definition) is 3. The molecule has 0 bridgehead atoms. The Bertz CT molecular complexity index is 1600. The van der Waals surface area contributed by atoms with Gasteiger partial charge in [-0.05, 0) is 50.3 Å². The number of benzene rings is 1. The first-order valence-corrected chi connectivity index (χ1v) is 16.2. The van der Waals surface area contributed by atoms with Crippen molar-refractivity contribution in [2.45, 2.75) is 39.4 Å². The molecule has 12 nitrogen and oxygen atoms in total. The molecule has 4 heterocycles. The van der Waals surface area contributed by atoms with Crippen LogP contribution in [-0.2, 0) is 21.4 Å². The average Bonchev–Trinajstić information content (AvgIpc) is 3.57. The fourth-order valence-electron chi connectivity index (χ4n) is 5.23. The summed E-state index contributed by atoms with van der Waals surface area (Å²) in [4.78, 5) is 23.0. The van der Waals surface area contributed by atoms with Crippen LogP contribution in [-0.4, -0.2) is 89.9 Å². The molecule has 0 aliphatic carbocycles. The smallest absolute Gasteiger partial charge is 0.238 e. The Labute approximate surface area is 241 Å². The zero-order valence-electron chi connectivity index (χ0n) is 23.9. The Morgan fingerprint density at radius 2 is 2.00 bits per heavy atom. The van der Waals surface area contributed by atoms with Crippen molar-refractivity contribution in [3.05, 3.63) is 41.8 Å². The molecule has 1 aromatic carbocycles. The minimum atomic E-state index is -3.50. The Kier molecular flexibility index (Phi) is 9.64. The maximum Gasteiger partial charge on any atom is 0.238 e. The Balaban J connectivity index is 0.00000124. The van der Waals surface area contributed by atoms with Crippen molar-refractivity contribution in [3.63, 3.8) is 0 Å². The van der Waals surface area contributed by atoms with E-state index in [1.54, 1.807) is 12.3 Å². The molecule has 1 aliphatic heterocycles. The average molecular weight is 601 g/mol. The van der Waals surface area contributed by atoms with Crippen LogP contribution in [0.25, 0.3) is 33.3 Å². The number of primary amides is 1. The number of aromatic amines is 1. The summed E-state index contributed by atoms with van der Waals surface area (Å²) in [6.45, 7) is 10.9. The van der Waals surface area contributed by atoms with Crippen LogP contribution < -0.4 is 15.2 Å². The summed E-state index contributed by atoms with van der Waals surface area (Å²) in [5.41, 5.74) is 10.1. The summed E-state index contributed by atoms with van der Waals surface area (Å²) in [7, 11) is -1.51. The van der Waals surface area contributed by atoms with Gasteiger partial charge in [0.25, 0.3) is 0 Å². The number of methoxy groups -OCH3 is 1. The van der Waals surface area contributed by atoms with Crippen LogP contribution in [0.3, 0.4) is 0 Å². The Morgan fingerprint density at radius 3 is 2.66 bits per heavy atom. The number of pyridine rings is 1. The van der Waals surface area contributed by atoms with Crippen LogP contribution in [0.15, 0.2) is 36.4 Å². The van der Waals surface area contributed by atoms with E-state index in [9.17, 15) is 8.42 Å². The molecule has 1 saturated heterocycles. The van der Waals surface area contributed by atoms with Gasteiger partial charge in [0.05, 0.1) is 36.2 Å². The number of nitrogens with one attached hydrogen (secondary N) is 2. The van der Waals surface area contributed by atoms with Gasteiger partial charge < -0.3 is 10.5 Å². The summed E-state index contributed by atoms with van der Waals surface area (Å²) in [6.07, 6.45) is 4.84. The van der Waals surface area contributed by atoms with E-state index in [1.807, 2.05) is 12.3 Å². The molecule has 5 rings (SSSR count). The molecule has 1 amide bonds. The largest absolute Gasteiger partial charge is 0.480 e. The molecule has 2 unspecified atom stereocenters. The number of carbonyl (C=O) groups is 1. The van der Waals surface area contributed by atoms with Gasteiger partial charge in [-0.25, -0.2) is 18.4 Å². The molecule has 3 aromatic heterocycles. The number of amides is 1. The number of ether oxygens (including phenoxy) is 1. The molecule has 4 N–H and O–H groups in total. The fourth-order valence-corrected chi connectivity index (χ4v) is 6.79. The van der Waals surface area contributed by atoms with E-state index in [0.717, 1.165) is 65.7 Å². The van der Waals surface area contributed by atoms with Crippen molar-refractivity contribution in [2.24, 2.45) is 5.73 Å². The first-order valence-electron chi connectivity index (χ1n) is 13.2. The number of hydrogen-bond acceptors (Lipinski definition) is 9. The van der Waals surface area contributed by atoms with Gasteiger partial charge in [0.15, 0.2) is 0 Å². The summed E-state index contributed by atoms with van der Waals surface area (Å²) in [6, 6.07) is 6.87. The molecule has 0 radical (unpaired) electrons. The van der Waals surface area contributed by atoms with Gasteiger partial charge >= 0.3 is 0 Å². The highest BCUT2D eigenvalue weighted by atomic mass is 32.2. The van der Waals surface area contributed by atoms with Gasteiger partial charge in [-0.2, -0.15) is 5.10 Å². The van der Waals surface area contributed by atoms with Crippen molar-refractivity contribution in [3.8, 4) is 28.3 Å². The highest BCUT2D eigenvalue weighted by molar-refractivity contribution is 7.92. The molecule has 220 valence electrons. The van der Waals surface area contributed by atoms with E-state index < -0.39 is 10.0 Å². The van der Waals surface area contributed by atoms with Crippen molar-refractivity contribution in [1.29, 1.82) is 0 Å². The molecule has 4 aromatic rings. The fraction of sp³-hybridized carbons (Fsp3) is 0.407. The molecule has 2 atom stereocenters. The SMILES string of the molecule is COc1ncc(-c2cc(-c3c[pH]c(CN4CCN(C(C)C)C(C)C4)n3)c3cn[nH]c3c2)cc1NS(C)(=O)=O.NC=O. The van der Waals surface area contributed by atoms with Gasteiger partial charge in [0.1, 0.15) is 5.69 Å². The number of nitrogens with two attached hydrogens (primary N) is 1. The normalized spacial score (nSPS) is 16.6. The summed E-state index contributed by atoms with van der Waals surface area (Å²) < 4.78 is 31.5. The minimum absolute atomic E-state index is 0.208. The molecule has 14 heteroatoms. The second-order valence-corrected chi connectivity index (χ2v) is 13.2. The van der Waals surface area contributed by atoms with Crippen LogP contribution >= 0.6 is 8.19 Å². The maximum atomic E-state index is 11.9. The van der Waals surface area contributed by atoms with Crippen LogP contribution in [0.2, 0.25) is 0 Å². The second kappa shape index (κ2) is 13.0. The number of H-pyrrole nitrogens is 1. The molecular formula is C27H37N8O4PS. The molecule has 1 aliphatic rings. The van der Waals surface area contributed by atoms with E-state index in [4.69, 9.17) is 14.5 Å². The van der Waals surface area contributed by atoms with Crippen LogP contribution in [0.4, 0.5) is 5.69 Å². The van der Waals surface area contributed by atoms with E-state index >= 15 is 0 Å². The molecule has 1 fully saturated rings. The zero-order chi connectivity index (χ0) is 29.7. The number of carbonyl (C=O) groups excluding carboxylic acids is 1. The first kappa shape index (κ1) is 30.4. The Hall–Kier alpha value is -3.51. The lowest BCUT2D eigenvalue weighted by Crippen LogP contribution is -2.53. The maximum absolute atomic E-state index is 11.9. The molecule has 0 spiro atoms. The third-order valence-corrected chi connectivity index (χ3v) is 8.55. The van der Waals surface area contributed by atoms with Crippen molar-refractivity contribution in [1.82, 2.24) is 30.0 Å². The summed E-state index contributed by atoms with van der Waals surface area (Å²) in [5.74, 6) is 2.41. The van der Waals surface area contributed by atoms with E-state index in [-0.39, 0.29) is 18.0 Å². The lowest BCUT2D eigenvalue weighted by atomic mass is 10.00. The van der Waals surface area contributed by atoms with Crippen molar-refractivity contribution in [2.75, 3.05) is 37.7 Å². The van der Waals surface area contributed by atoms with Gasteiger partial charge in [-0.1, -0.05) is 0 Å². The lowest BCUT2D eigenvalue weighted by Gasteiger charge is -2.41. The van der Waals surface area contributed by atoms with Crippen molar-refractivity contribution >= 4 is 41.2 Å². The second-order valence-electron chi connectivity index (χ2n) is 10.3. The van der Waals surface area contributed by atoms with Gasteiger partial charge in [-0.15, -0.1) is 8.19 Å². The molecular weight excluding hydrogens is 563 g/mol. The Morgan fingerprint density at radius 1 is 1.24 bits per heavy atom. The topological polar surface area (TPSA) is 159 Å². The third kappa shape index (κ3) is 7.42. The zero-order valence-corrected chi connectivity index (χ0v) is 25.7. The van der Waals surface area contributed by atoms with Gasteiger partial charge in [0.2, 0.25) is 22.3 Å². The highest BCUT2D eigenvalue weighted by Crippen LogP contribution is 2.36. The summed E-state index contributed by atoms with van der Waals surface area (Å²) in [5, 5.41) is 8.33. The number of nitrogens with zero attached hydrogens (tertiary/aromatic N) is 5. The summed E-state index contributed by atoms with van der Waals surface area (Å²) >= 11 is 0. The number of piperazine rings is 1. The minimum Gasteiger partial charge on any atom is -0.480 e. The van der Waals surface area contributed by atoms with Crippen LogP contribution in [0, 0.1) is 0 Å². The van der Waals surface area contributed by atoms with Crippen molar-refractivity contribution < 1.29 is 17.9 Å². The van der Waals surface area contributed by atoms with Crippen LogP contribution in [0.1, 0.15) is 26.2 Å². The quantitative estimate of drug-likeness (QED) is 0.258. The van der Waals surface area contributed by atoms with E-state index in [1.165, 1.54) is 12.5 Å². The molecule has 41 heavy (non-hydrogen) atoms. The molecule has 0 saturated carbocycles. The van der Waals surface area contributed by atoms with E-state index in [0.29, 0.717) is 20.3 Å².